The van der Waals surface area contributed by atoms with Crippen LogP contribution < -0.4 is 14.4 Å². The van der Waals surface area contributed by atoms with Crippen molar-refractivity contribution < 1.29 is 9.47 Å². The predicted octanol–water partition coefficient (Wildman–Crippen LogP) is 2.87. The second kappa shape index (κ2) is 4.67. The van der Waals surface area contributed by atoms with E-state index in [1.54, 1.807) is 12.4 Å². The van der Waals surface area contributed by atoms with Gasteiger partial charge in [0.1, 0.15) is 11.3 Å². The zero-order valence-corrected chi connectivity index (χ0v) is 11.9. The zero-order valence-electron chi connectivity index (χ0n) is 11.9. The molecule has 0 spiro atoms. The van der Waals surface area contributed by atoms with E-state index >= 15 is 0 Å². The largest absolute Gasteiger partial charge is 0.486 e. The second-order valence-corrected chi connectivity index (χ2v) is 5.91. The molecular weight excluding hydrogens is 228 g/mol. The van der Waals surface area contributed by atoms with E-state index in [9.17, 15) is 0 Å². The number of hydrogen-bond acceptors (Lipinski definition) is 4. The van der Waals surface area contributed by atoms with Gasteiger partial charge in [0.05, 0.1) is 18.5 Å². The van der Waals surface area contributed by atoms with E-state index < -0.39 is 0 Å². The summed E-state index contributed by atoms with van der Waals surface area (Å²) in [6.45, 7) is 6.09. The van der Waals surface area contributed by atoms with Crippen molar-refractivity contribution >= 4 is 5.69 Å². The quantitative estimate of drug-likeness (QED) is 0.823. The molecule has 0 unspecified atom stereocenters. The minimum atomic E-state index is -0.245. The number of anilines is 1. The van der Waals surface area contributed by atoms with Crippen LogP contribution in [0.15, 0.2) is 12.4 Å². The van der Waals surface area contributed by atoms with E-state index in [4.69, 9.17) is 9.47 Å². The predicted molar refractivity (Wildman–Crippen MR) is 72.6 cm³/mol. The summed E-state index contributed by atoms with van der Waals surface area (Å²) in [5.41, 5.74) is 0.719. The molecule has 4 heteroatoms. The highest BCUT2D eigenvalue weighted by Gasteiger charge is 2.27. The van der Waals surface area contributed by atoms with Crippen molar-refractivity contribution in [1.82, 2.24) is 4.98 Å². The number of nitrogens with zero attached hydrogens (tertiary/aromatic N) is 2. The lowest BCUT2D eigenvalue weighted by atomic mass is 10.2. The van der Waals surface area contributed by atoms with Gasteiger partial charge < -0.3 is 14.4 Å². The number of pyridine rings is 1. The van der Waals surface area contributed by atoms with E-state index in [1.807, 2.05) is 39.8 Å². The van der Waals surface area contributed by atoms with Crippen LogP contribution in [0.25, 0.3) is 0 Å². The van der Waals surface area contributed by atoms with Gasteiger partial charge in [-0.05, 0) is 33.6 Å². The third kappa shape index (κ3) is 3.28. The molecule has 0 aliphatic heterocycles. The van der Waals surface area contributed by atoms with Crippen LogP contribution in [0.3, 0.4) is 0 Å². The molecule has 0 saturated heterocycles. The second-order valence-electron chi connectivity index (χ2n) is 5.91. The standard InChI is InChI=1S/C14H22N2O2/c1-14(2,3)18-12-9-15-8-11(13(12)16(4)5)17-10-6-7-10/h8-10H,6-7H2,1-5H3. The van der Waals surface area contributed by atoms with E-state index in [-0.39, 0.29) is 5.60 Å². The van der Waals surface area contributed by atoms with Crippen molar-refractivity contribution in [3.05, 3.63) is 12.4 Å². The summed E-state index contributed by atoms with van der Waals surface area (Å²) in [7, 11) is 3.98. The highest BCUT2D eigenvalue weighted by Crippen LogP contribution is 2.40. The molecule has 1 aliphatic rings. The first kappa shape index (κ1) is 13.0. The van der Waals surface area contributed by atoms with Crippen LogP contribution in [0.5, 0.6) is 11.5 Å². The lowest BCUT2D eigenvalue weighted by molar-refractivity contribution is 0.130. The molecule has 1 aromatic heterocycles. The van der Waals surface area contributed by atoms with Gasteiger partial charge in [-0.25, -0.2) is 0 Å². The Balaban J connectivity index is 2.31. The Hall–Kier alpha value is -1.45. The fourth-order valence-corrected chi connectivity index (χ4v) is 1.71. The highest BCUT2D eigenvalue weighted by molar-refractivity contribution is 5.65. The minimum Gasteiger partial charge on any atom is -0.486 e. The van der Waals surface area contributed by atoms with Gasteiger partial charge in [0.2, 0.25) is 0 Å². The number of aromatic nitrogens is 1. The normalized spacial score (nSPS) is 15.4. The van der Waals surface area contributed by atoms with Crippen molar-refractivity contribution in [2.45, 2.75) is 45.3 Å². The molecule has 2 rings (SSSR count). The fraction of sp³-hybridized carbons (Fsp3) is 0.643. The van der Waals surface area contributed by atoms with Crippen molar-refractivity contribution in [3.8, 4) is 11.5 Å². The molecule has 0 N–H and O–H groups in total. The third-order valence-electron chi connectivity index (χ3n) is 2.53. The molecule has 0 amide bonds. The van der Waals surface area contributed by atoms with E-state index in [0.717, 1.165) is 30.0 Å². The number of rotatable bonds is 4. The van der Waals surface area contributed by atoms with Crippen molar-refractivity contribution in [1.29, 1.82) is 0 Å². The van der Waals surface area contributed by atoms with Gasteiger partial charge in [-0.2, -0.15) is 0 Å². The monoisotopic (exact) mass is 250 g/mol. The molecule has 18 heavy (non-hydrogen) atoms. The first-order chi connectivity index (χ1) is 8.37. The Kier molecular flexibility index (Phi) is 3.37. The van der Waals surface area contributed by atoms with Crippen LogP contribution in [0.4, 0.5) is 5.69 Å². The molecular formula is C14H22N2O2. The maximum absolute atomic E-state index is 5.95. The molecule has 0 bridgehead atoms. The van der Waals surface area contributed by atoms with Crippen LogP contribution in [-0.4, -0.2) is 30.8 Å². The number of hydrogen-bond donors (Lipinski definition) is 0. The molecule has 1 saturated carbocycles. The Labute approximate surface area is 109 Å². The van der Waals surface area contributed by atoms with Crippen LogP contribution in [-0.2, 0) is 0 Å². The maximum atomic E-state index is 5.95. The van der Waals surface area contributed by atoms with Gasteiger partial charge in [0, 0.05) is 14.1 Å². The highest BCUT2D eigenvalue weighted by atomic mass is 16.5. The van der Waals surface area contributed by atoms with E-state index in [1.165, 1.54) is 0 Å². The summed E-state index contributed by atoms with van der Waals surface area (Å²) in [6, 6.07) is 0. The lowest BCUT2D eigenvalue weighted by Gasteiger charge is -2.26. The zero-order chi connectivity index (χ0) is 13.3. The Morgan fingerprint density at radius 3 is 2.28 bits per heavy atom. The van der Waals surface area contributed by atoms with Gasteiger partial charge in [0.25, 0.3) is 0 Å². The van der Waals surface area contributed by atoms with Crippen molar-refractivity contribution in [2.24, 2.45) is 0 Å². The molecule has 0 radical (unpaired) electrons. The van der Waals surface area contributed by atoms with E-state index in [2.05, 4.69) is 4.98 Å². The Morgan fingerprint density at radius 1 is 1.17 bits per heavy atom. The van der Waals surface area contributed by atoms with Gasteiger partial charge in [0.15, 0.2) is 11.5 Å². The van der Waals surface area contributed by atoms with Crippen molar-refractivity contribution in [3.63, 3.8) is 0 Å². The average Bonchev–Trinajstić information content (AvgIpc) is 2.98. The summed E-state index contributed by atoms with van der Waals surface area (Å²) >= 11 is 0. The summed E-state index contributed by atoms with van der Waals surface area (Å²) < 4.78 is 11.8. The molecule has 1 heterocycles. The van der Waals surface area contributed by atoms with Gasteiger partial charge >= 0.3 is 0 Å². The van der Waals surface area contributed by atoms with Gasteiger partial charge in [-0.1, -0.05) is 0 Å². The molecule has 100 valence electrons. The van der Waals surface area contributed by atoms with Crippen LogP contribution in [0, 0.1) is 0 Å². The maximum Gasteiger partial charge on any atom is 0.165 e. The smallest absolute Gasteiger partial charge is 0.165 e. The van der Waals surface area contributed by atoms with Crippen LogP contribution in [0.2, 0.25) is 0 Å². The molecule has 1 aromatic rings. The third-order valence-corrected chi connectivity index (χ3v) is 2.53. The molecule has 4 nitrogen and oxygen atoms in total. The first-order valence-corrected chi connectivity index (χ1v) is 6.38. The number of ether oxygens (including phenoxy) is 2. The van der Waals surface area contributed by atoms with Gasteiger partial charge in [-0.15, -0.1) is 0 Å². The lowest BCUT2D eigenvalue weighted by Crippen LogP contribution is -2.25. The first-order valence-electron chi connectivity index (χ1n) is 6.38. The topological polar surface area (TPSA) is 34.6 Å². The Morgan fingerprint density at radius 2 is 1.78 bits per heavy atom. The van der Waals surface area contributed by atoms with Crippen LogP contribution in [0.1, 0.15) is 33.6 Å². The summed E-state index contributed by atoms with van der Waals surface area (Å²) in [5, 5.41) is 0. The fourth-order valence-electron chi connectivity index (χ4n) is 1.71. The molecule has 1 fully saturated rings. The average molecular weight is 250 g/mol. The molecule has 0 aromatic carbocycles. The van der Waals surface area contributed by atoms with Gasteiger partial charge in [-0.3, -0.25) is 4.98 Å². The molecule has 0 atom stereocenters. The summed E-state index contributed by atoms with van der Waals surface area (Å²) in [6.07, 6.45) is 6.15. The Bertz CT molecular complexity index is 420. The molecule has 1 aliphatic carbocycles. The van der Waals surface area contributed by atoms with Crippen molar-refractivity contribution in [2.75, 3.05) is 19.0 Å². The summed E-state index contributed by atoms with van der Waals surface area (Å²) in [4.78, 5) is 6.23. The van der Waals surface area contributed by atoms with Crippen LogP contribution >= 0.6 is 0 Å². The van der Waals surface area contributed by atoms with E-state index in [0.29, 0.717) is 6.10 Å². The SMILES string of the molecule is CN(C)c1c(OC2CC2)cncc1OC(C)(C)C. The summed E-state index contributed by atoms with van der Waals surface area (Å²) in [5.74, 6) is 1.58. The minimum absolute atomic E-state index is 0.245.